The topological polar surface area (TPSA) is 37.4 Å². The first-order chi connectivity index (χ1) is 8.25. The minimum atomic E-state index is -0.159. The van der Waals surface area contributed by atoms with Crippen LogP contribution in [0.4, 0.5) is 0 Å². The van der Waals surface area contributed by atoms with Crippen LogP contribution in [-0.2, 0) is 9.59 Å². The molecule has 1 aliphatic heterocycles. The summed E-state index contributed by atoms with van der Waals surface area (Å²) >= 11 is 0. The van der Waals surface area contributed by atoms with Crippen molar-refractivity contribution in [3.63, 3.8) is 0 Å². The zero-order valence-corrected chi connectivity index (χ0v) is 11.4. The highest BCUT2D eigenvalue weighted by atomic mass is 16.2. The number of carbonyl (C=O) groups is 2. The van der Waals surface area contributed by atoms with Crippen LogP contribution in [0.5, 0.6) is 0 Å². The van der Waals surface area contributed by atoms with Crippen molar-refractivity contribution in [2.75, 3.05) is 6.54 Å². The van der Waals surface area contributed by atoms with Crippen molar-refractivity contribution in [1.82, 2.24) is 4.90 Å². The van der Waals surface area contributed by atoms with Crippen LogP contribution in [0.25, 0.3) is 0 Å². The number of rotatable bonds is 7. The largest absolute Gasteiger partial charge is 0.275 e. The van der Waals surface area contributed by atoms with Crippen molar-refractivity contribution in [3.8, 4) is 0 Å². The van der Waals surface area contributed by atoms with Crippen molar-refractivity contribution in [2.45, 2.75) is 59.3 Å². The van der Waals surface area contributed by atoms with E-state index in [2.05, 4.69) is 6.92 Å². The zero-order valence-electron chi connectivity index (χ0n) is 11.4. The van der Waals surface area contributed by atoms with Gasteiger partial charge in [-0.25, -0.2) is 0 Å². The molecule has 3 nitrogen and oxygen atoms in total. The van der Waals surface area contributed by atoms with E-state index in [0.29, 0.717) is 6.54 Å². The van der Waals surface area contributed by atoms with Gasteiger partial charge in [0.15, 0.2) is 0 Å². The molecule has 0 unspecified atom stereocenters. The number of unbranched alkanes of at least 4 members (excludes halogenated alkanes) is 5. The molecule has 0 N–H and O–H groups in total. The molecule has 1 aliphatic rings. The van der Waals surface area contributed by atoms with E-state index in [0.717, 1.165) is 12.8 Å². The molecular formula is C14H25NO2. The quantitative estimate of drug-likeness (QED) is 0.505. The number of nitrogens with zero attached hydrogens (tertiary/aromatic N) is 1. The Balaban J connectivity index is 0.00000121. The second-order valence-corrected chi connectivity index (χ2v) is 3.93. The molecule has 98 valence electrons. The van der Waals surface area contributed by atoms with Crippen molar-refractivity contribution < 1.29 is 9.59 Å². The van der Waals surface area contributed by atoms with Crippen LogP contribution < -0.4 is 0 Å². The average molecular weight is 239 g/mol. The van der Waals surface area contributed by atoms with Gasteiger partial charge in [0.2, 0.25) is 0 Å². The Morgan fingerprint density at radius 3 is 1.88 bits per heavy atom. The van der Waals surface area contributed by atoms with E-state index < -0.39 is 0 Å². The molecule has 1 heterocycles. The lowest BCUT2D eigenvalue weighted by atomic mass is 10.1. The van der Waals surface area contributed by atoms with Crippen LogP contribution in [-0.4, -0.2) is 23.3 Å². The summed E-state index contributed by atoms with van der Waals surface area (Å²) < 4.78 is 0. The van der Waals surface area contributed by atoms with Gasteiger partial charge in [-0.2, -0.15) is 0 Å². The molecule has 0 atom stereocenters. The molecule has 17 heavy (non-hydrogen) atoms. The molecule has 0 fully saturated rings. The van der Waals surface area contributed by atoms with E-state index >= 15 is 0 Å². The highest BCUT2D eigenvalue weighted by Gasteiger charge is 2.21. The second-order valence-electron chi connectivity index (χ2n) is 3.93. The number of hydrogen-bond donors (Lipinski definition) is 0. The summed E-state index contributed by atoms with van der Waals surface area (Å²) in [7, 11) is 0. The van der Waals surface area contributed by atoms with Crippen molar-refractivity contribution in [2.24, 2.45) is 0 Å². The Morgan fingerprint density at radius 1 is 0.882 bits per heavy atom. The van der Waals surface area contributed by atoms with E-state index in [9.17, 15) is 9.59 Å². The van der Waals surface area contributed by atoms with E-state index in [1.165, 1.54) is 42.7 Å². The number of imide groups is 1. The van der Waals surface area contributed by atoms with Crippen LogP contribution in [0.15, 0.2) is 12.2 Å². The summed E-state index contributed by atoms with van der Waals surface area (Å²) in [5.41, 5.74) is 0. The number of carbonyl (C=O) groups excluding carboxylic acids is 2. The van der Waals surface area contributed by atoms with Gasteiger partial charge in [0.05, 0.1) is 0 Å². The fraction of sp³-hybridized carbons (Fsp3) is 0.714. The maximum atomic E-state index is 11.2. The average Bonchev–Trinajstić information content (AvgIpc) is 2.67. The summed E-state index contributed by atoms with van der Waals surface area (Å²) in [4.78, 5) is 23.7. The van der Waals surface area contributed by atoms with Gasteiger partial charge in [-0.1, -0.05) is 52.9 Å². The molecule has 0 spiro atoms. The Hall–Kier alpha value is -1.12. The predicted molar refractivity (Wildman–Crippen MR) is 70.6 cm³/mol. The molecule has 0 radical (unpaired) electrons. The van der Waals surface area contributed by atoms with Crippen LogP contribution in [0, 0.1) is 0 Å². The summed E-state index contributed by atoms with van der Waals surface area (Å²) in [6.07, 6.45) is 9.73. The van der Waals surface area contributed by atoms with E-state index in [4.69, 9.17) is 0 Å². The SMILES string of the molecule is CC.CCCCCCCCN1C(=O)C=CC1=O. The monoisotopic (exact) mass is 239 g/mol. The number of amides is 2. The first-order valence-corrected chi connectivity index (χ1v) is 6.79. The molecule has 0 bridgehead atoms. The lowest BCUT2D eigenvalue weighted by molar-refractivity contribution is -0.136. The summed E-state index contributed by atoms with van der Waals surface area (Å²) in [6.45, 7) is 6.77. The van der Waals surface area contributed by atoms with Gasteiger partial charge in [0, 0.05) is 18.7 Å². The molecule has 0 aliphatic carbocycles. The molecule has 1 rings (SSSR count). The number of hydrogen-bond acceptors (Lipinski definition) is 2. The first-order valence-electron chi connectivity index (χ1n) is 6.79. The van der Waals surface area contributed by atoms with Gasteiger partial charge in [0.25, 0.3) is 11.8 Å². The smallest absolute Gasteiger partial charge is 0.253 e. The Morgan fingerprint density at radius 2 is 1.35 bits per heavy atom. The molecular weight excluding hydrogens is 214 g/mol. The van der Waals surface area contributed by atoms with Gasteiger partial charge in [-0.3, -0.25) is 14.5 Å². The molecule has 3 heteroatoms. The second kappa shape index (κ2) is 10.1. The molecule has 0 saturated carbocycles. The fourth-order valence-electron chi connectivity index (χ4n) is 1.70. The summed E-state index contributed by atoms with van der Waals surface area (Å²) in [6, 6.07) is 0. The Labute approximate surface area is 105 Å². The van der Waals surface area contributed by atoms with Crippen LogP contribution in [0.2, 0.25) is 0 Å². The van der Waals surface area contributed by atoms with E-state index in [-0.39, 0.29) is 11.8 Å². The first kappa shape index (κ1) is 15.9. The Kier molecular flexibility index (Phi) is 9.40. The lowest BCUT2D eigenvalue weighted by Crippen LogP contribution is -2.30. The molecule has 2 amide bonds. The van der Waals surface area contributed by atoms with Crippen LogP contribution in [0.3, 0.4) is 0 Å². The molecule has 0 aromatic rings. The normalized spacial score (nSPS) is 13.9. The van der Waals surface area contributed by atoms with Gasteiger partial charge < -0.3 is 0 Å². The minimum Gasteiger partial charge on any atom is -0.275 e. The van der Waals surface area contributed by atoms with Crippen LogP contribution >= 0.6 is 0 Å². The van der Waals surface area contributed by atoms with Crippen molar-refractivity contribution >= 4 is 11.8 Å². The maximum Gasteiger partial charge on any atom is 0.253 e. The predicted octanol–water partition coefficient (Wildman–Crippen LogP) is 3.30. The highest BCUT2D eigenvalue weighted by Crippen LogP contribution is 2.09. The van der Waals surface area contributed by atoms with Gasteiger partial charge >= 0.3 is 0 Å². The third kappa shape index (κ3) is 6.25. The molecule has 0 aromatic carbocycles. The Bertz CT molecular complexity index is 241. The summed E-state index contributed by atoms with van der Waals surface area (Å²) in [5.74, 6) is -0.317. The van der Waals surface area contributed by atoms with E-state index in [1.54, 1.807) is 0 Å². The van der Waals surface area contributed by atoms with E-state index in [1.807, 2.05) is 13.8 Å². The summed E-state index contributed by atoms with van der Waals surface area (Å²) in [5, 5.41) is 0. The van der Waals surface area contributed by atoms with Gasteiger partial charge in [-0.05, 0) is 6.42 Å². The third-order valence-electron chi connectivity index (χ3n) is 2.64. The highest BCUT2D eigenvalue weighted by molar-refractivity contribution is 6.12. The lowest BCUT2D eigenvalue weighted by Gasteiger charge is -2.12. The van der Waals surface area contributed by atoms with Crippen molar-refractivity contribution in [1.29, 1.82) is 0 Å². The van der Waals surface area contributed by atoms with Gasteiger partial charge in [0.1, 0.15) is 0 Å². The van der Waals surface area contributed by atoms with Crippen molar-refractivity contribution in [3.05, 3.63) is 12.2 Å². The molecule has 0 aromatic heterocycles. The van der Waals surface area contributed by atoms with Gasteiger partial charge in [-0.15, -0.1) is 0 Å². The maximum absolute atomic E-state index is 11.2. The standard InChI is InChI=1S/C12H19NO2.C2H6/c1-2-3-4-5-6-7-10-13-11(14)8-9-12(13)15;1-2/h8-9H,2-7,10H2,1H3;1-2H3. The molecule has 0 saturated heterocycles. The van der Waals surface area contributed by atoms with Crippen LogP contribution in [0.1, 0.15) is 59.3 Å². The third-order valence-corrected chi connectivity index (χ3v) is 2.64. The fourth-order valence-corrected chi connectivity index (χ4v) is 1.70. The minimum absolute atomic E-state index is 0.159. The zero-order chi connectivity index (χ0) is 13.1.